The molecular weight excluding hydrogens is 346 g/mol. The van der Waals surface area contributed by atoms with Crippen molar-refractivity contribution < 1.29 is 9.53 Å². The van der Waals surface area contributed by atoms with Crippen molar-refractivity contribution in [3.63, 3.8) is 0 Å². The average Bonchev–Trinajstić information content (AvgIpc) is 2.69. The second-order valence-corrected chi connectivity index (χ2v) is 7.41. The predicted molar refractivity (Wildman–Crippen MR) is 117 cm³/mol. The van der Waals surface area contributed by atoms with E-state index in [1.165, 1.54) is 19.3 Å². The fraction of sp³-hybridized carbons (Fsp3) is 0.400. The van der Waals surface area contributed by atoms with E-state index in [0.29, 0.717) is 12.2 Å². The molecule has 0 amide bonds. The van der Waals surface area contributed by atoms with Crippen LogP contribution in [-0.2, 0) is 0 Å². The van der Waals surface area contributed by atoms with Crippen LogP contribution in [0.1, 0.15) is 52.7 Å². The summed E-state index contributed by atoms with van der Waals surface area (Å²) in [6.45, 7) is 10.6. The van der Waals surface area contributed by atoms with Gasteiger partial charge in [-0.3, -0.25) is 4.79 Å². The lowest BCUT2D eigenvalue weighted by Crippen LogP contribution is -2.19. The lowest BCUT2D eigenvalue weighted by Gasteiger charge is -2.13. The van der Waals surface area contributed by atoms with Crippen molar-refractivity contribution in [1.29, 1.82) is 0 Å². The van der Waals surface area contributed by atoms with Gasteiger partial charge in [-0.05, 0) is 75.7 Å². The third kappa shape index (κ3) is 6.65. The van der Waals surface area contributed by atoms with Gasteiger partial charge in [0.15, 0.2) is 5.78 Å². The second-order valence-electron chi connectivity index (χ2n) is 7.41. The molecular formula is C25H33NO2. The number of benzene rings is 2. The van der Waals surface area contributed by atoms with Gasteiger partial charge in [0, 0.05) is 17.7 Å². The van der Waals surface area contributed by atoms with Crippen molar-refractivity contribution in [2.24, 2.45) is 0 Å². The molecule has 0 heterocycles. The Kier molecular flexibility index (Phi) is 8.96. The Balaban J connectivity index is 1.73. The number of nitrogens with zero attached hydrogens (tertiary/aromatic N) is 1. The smallest absolute Gasteiger partial charge is 0.193 e. The predicted octanol–water partition coefficient (Wildman–Crippen LogP) is 5.59. The standard InChI is InChI=1S/C25H33NO2/c1-5-17-26(4)18-8-6-7-9-19-28-23-15-13-22(14-16-23)25(27)24-12-10-11-20(2)21(24)3/h5,10-16H,1,6-9,17-19H2,2-4H3. The summed E-state index contributed by atoms with van der Waals surface area (Å²) in [5.41, 5.74) is 3.65. The largest absolute Gasteiger partial charge is 0.494 e. The van der Waals surface area contributed by atoms with Crippen molar-refractivity contribution in [2.45, 2.75) is 39.5 Å². The maximum atomic E-state index is 12.7. The lowest BCUT2D eigenvalue weighted by molar-refractivity contribution is 0.103. The Bertz CT molecular complexity index is 765. The third-order valence-electron chi connectivity index (χ3n) is 5.11. The van der Waals surface area contributed by atoms with Gasteiger partial charge in [0.1, 0.15) is 5.75 Å². The first kappa shape index (κ1) is 21.9. The summed E-state index contributed by atoms with van der Waals surface area (Å²) in [6.07, 6.45) is 6.59. The normalized spacial score (nSPS) is 10.9. The van der Waals surface area contributed by atoms with Gasteiger partial charge in [-0.2, -0.15) is 0 Å². The number of carbonyl (C=O) groups is 1. The molecule has 0 N–H and O–H groups in total. The number of likely N-dealkylation sites (N-methyl/N-ethyl adjacent to an activating group) is 1. The summed E-state index contributed by atoms with van der Waals surface area (Å²) < 4.78 is 5.82. The highest BCUT2D eigenvalue weighted by molar-refractivity contribution is 6.10. The van der Waals surface area contributed by atoms with Crippen molar-refractivity contribution in [2.75, 3.05) is 26.7 Å². The number of hydrogen-bond donors (Lipinski definition) is 0. The summed E-state index contributed by atoms with van der Waals surface area (Å²) in [5.74, 6) is 0.886. The monoisotopic (exact) mass is 379 g/mol. The summed E-state index contributed by atoms with van der Waals surface area (Å²) in [4.78, 5) is 15.0. The second kappa shape index (κ2) is 11.5. The maximum absolute atomic E-state index is 12.7. The molecule has 0 fully saturated rings. The Morgan fingerprint density at radius 2 is 1.75 bits per heavy atom. The van der Waals surface area contributed by atoms with Crippen LogP contribution in [0.4, 0.5) is 0 Å². The van der Waals surface area contributed by atoms with Crippen LogP contribution < -0.4 is 4.74 Å². The molecule has 0 aliphatic rings. The van der Waals surface area contributed by atoms with E-state index in [4.69, 9.17) is 4.74 Å². The quantitative estimate of drug-likeness (QED) is 0.273. The molecule has 0 aliphatic carbocycles. The molecule has 28 heavy (non-hydrogen) atoms. The van der Waals surface area contributed by atoms with E-state index in [9.17, 15) is 4.79 Å². The van der Waals surface area contributed by atoms with Crippen molar-refractivity contribution >= 4 is 5.78 Å². The van der Waals surface area contributed by atoms with E-state index in [1.807, 2.05) is 62.4 Å². The molecule has 0 spiro atoms. The van der Waals surface area contributed by atoms with E-state index < -0.39 is 0 Å². The fourth-order valence-electron chi connectivity index (χ4n) is 3.19. The van der Waals surface area contributed by atoms with Crippen LogP contribution in [0.3, 0.4) is 0 Å². The van der Waals surface area contributed by atoms with E-state index >= 15 is 0 Å². The molecule has 3 nitrogen and oxygen atoms in total. The number of rotatable bonds is 12. The molecule has 0 radical (unpaired) electrons. The van der Waals surface area contributed by atoms with Crippen LogP contribution in [0.15, 0.2) is 55.1 Å². The molecule has 0 saturated carbocycles. The molecule has 0 atom stereocenters. The van der Waals surface area contributed by atoms with E-state index in [1.54, 1.807) is 0 Å². The first-order valence-electron chi connectivity index (χ1n) is 10.2. The van der Waals surface area contributed by atoms with E-state index in [2.05, 4.69) is 18.5 Å². The molecule has 2 aromatic carbocycles. The van der Waals surface area contributed by atoms with Crippen LogP contribution in [0.5, 0.6) is 5.75 Å². The van der Waals surface area contributed by atoms with Crippen LogP contribution in [0, 0.1) is 13.8 Å². The topological polar surface area (TPSA) is 29.5 Å². The van der Waals surface area contributed by atoms with Crippen molar-refractivity contribution in [1.82, 2.24) is 4.90 Å². The lowest BCUT2D eigenvalue weighted by atomic mass is 9.96. The zero-order valence-corrected chi connectivity index (χ0v) is 17.5. The molecule has 0 bridgehead atoms. The number of aryl methyl sites for hydroxylation is 1. The minimum Gasteiger partial charge on any atom is -0.494 e. The molecule has 0 saturated heterocycles. The van der Waals surface area contributed by atoms with Crippen molar-refractivity contribution in [3.05, 3.63) is 77.4 Å². The number of hydrogen-bond acceptors (Lipinski definition) is 3. The van der Waals surface area contributed by atoms with Crippen LogP contribution >= 0.6 is 0 Å². The highest BCUT2D eigenvalue weighted by atomic mass is 16.5. The molecule has 2 aromatic rings. The Morgan fingerprint density at radius 1 is 1.04 bits per heavy atom. The first-order valence-corrected chi connectivity index (χ1v) is 10.2. The Hall–Kier alpha value is -2.39. The number of ether oxygens (including phenoxy) is 1. The van der Waals surface area contributed by atoms with E-state index in [0.717, 1.165) is 42.0 Å². The molecule has 150 valence electrons. The summed E-state index contributed by atoms with van der Waals surface area (Å²) in [5, 5.41) is 0. The van der Waals surface area contributed by atoms with Gasteiger partial charge in [-0.25, -0.2) is 0 Å². The van der Waals surface area contributed by atoms with Gasteiger partial charge in [0.05, 0.1) is 6.61 Å². The highest BCUT2D eigenvalue weighted by Gasteiger charge is 2.12. The zero-order chi connectivity index (χ0) is 20.4. The Labute approximate surface area is 170 Å². The number of unbranched alkanes of at least 4 members (excludes halogenated alkanes) is 3. The van der Waals surface area contributed by atoms with Crippen molar-refractivity contribution in [3.8, 4) is 5.75 Å². The molecule has 3 heteroatoms. The SMILES string of the molecule is C=CCN(C)CCCCCCOc1ccc(C(=O)c2cccc(C)c2C)cc1. The molecule has 2 rings (SSSR count). The average molecular weight is 380 g/mol. The summed E-state index contributed by atoms with van der Waals surface area (Å²) >= 11 is 0. The first-order chi connectivity index (χ1) is 13.5. The fourth-order valence-corrected chi connectivity index (χ4v) is 3.19. The van der Waals surface area contributed by atoms with Gasteiger partial charge >= 0.3 is 0 Å². The minimum atomic E-state index is 0.0640. The molecule has 0 unspecified atom stereocenters. The molecule has 0 aromatic heterocycles. The van der Waals surface area contributed by atoms with E-state index in [-0.39, 0.29) is 5.78 Å². The van der Waals surface area contributed by atoms with Crippen LogP contribution in [0.2, 0.25) is 0 Å². The Morgan fingerprint density at radius 3 is 2.46 bits per heavy atom. The van der Waals surface area contributed by atoms with Crippen LogP contribution in [0.25, 0.3) is 0 Å². The summed E-state index contributed by atoms with van der Waals surface area (Å²) in [6, 6.07) is 13.4. The van der Waals surface area contributed by atoms with Gasteiger partial charge in [0.2, 0.25) is 0 Å². The maximum Gasteiger partial charge on any atom is 0.193 e. The van der Waals surface area contributed by atoms with Gasteiger partial charge in [-0.15, -0.1) is 6.58 Å². The summed E-state index contributed by atoms with van der Waals surface area (Å²) in [7, 11) is 2.12. The van der Waals surface area contributed by atoms with Gasteiger partial charge in [-0.1, -0.05) is 37.1 Å². The minimum absolute atomic E-state index is 0.0640. The third-order valence-corrected chi connectivity index (χ3v) is 5.11. The number of carbonyl (C=O) groups excluding carboxylic acids is 1. The van der Waals surface area contributed by atoms with Gasteiger partial charge in [0.25, 0.3) is 0 Å². The van der Waals surface area contributed by atoms with Crippen LogP contribution in [-0.4, -0.2) is 37.4 Å². The van der Waals surface area contributed by atoms with Gasteiger partial charge < -0.3 is 9.64 Å². The number of ketones is 1. The highest BCUT2D eigenvalue weighted by Crippen LogP contribution is 2.19. The molecule has 0 aliphatic heterocycles. The zero-order valence-electron chi connectivity index (χ0n) is 17.5.